The van der Waals surface area contributed by atoms with Crippen LogP contribution in [0.3, 0.4) is 0 Å². The molecule has 0 atom stereocenters. The SMILES string of the molecule is Nc1cccc2c1C(=O)c1ccc(S(=O)(=O)O)c(O)c1C2=O. The van der Waals surface area contributed by atoms with Crippen molar-refractivity contribution in [1.82, 2.24) is 0 Å². The van der Waals surface area contributed by atoms with Crippen LogP contribution in [0, 0.1) is 0 Å². The van der Waals surface area contributed by atoms with Crippen molar-refractivity contribution in [2.75, 3.05) is 5.73 Å². The van der Waals surface area contributed by atoms with Gasteiger partial charge < -0.3 is 10.8 Å². The predicted octanol–water partition coefficient (Wildman–Crippen LogP) is 0.997. The van der Waals surface area contributed by atoms with Crippen molar-refractivity contribution < 1.29 is 27.7 Å². The first-order valence-electron chi connectivity index (χ1n) is 6.05. The van der Waals surface area contributed by atoms with E-state index >= 15 is 0 Å². The van der Waals surface area contributed by atoms with Gasteiger partial charge in [0.2, 0.25) is 0 Å². The van der Waals surface area contributed by atoms with Gasteiger partial charge >= 0.3 is 0 Å². The predicted molar refractivity (Wildman–Crippen MR) is 75.6 cm³/mol. The van der Waals surface area contributed by atoms with E-state index in [1.807, 2.05) is 0 Å². The van der Waals surface area contributed by atoms with Gasteiger partial charge in [0.25, 0.3) is 10.1 Å². The third kappa shape index (κ3) is 1.81. The Morgan fingerprint density at radius 2 is 1.50 bits per heavy atom. The smallest absolute Gasteiger partial charge is 0.298 e. The van der Waals surface area contributed by atoms with Crippen molar-refractivity contribution in [2.24, 2.45) is 0 Å². The van der Waals surface area contributed by atoms with Crippen molar-refractivity contribution in [2.45, 2.75) is 4.90 Å². The normalized spacial score (nSPS) is 13.7. The molecule has 0 spiro atoms. The topological polar surface area (TPSA) is 135 Å². The molecule has 0 radical (unpaired) electrons. The van der Waals surface area contributed by atoms with Crippen LogP contribution >= 0.6 is 0 Å². The lowest BCUT2D eigenvalue weighted by molar-refractivity contribution is 0.0976. The van der Waals surface area contributed by atoms with E-state index in [-0.39, 0.29) is 22.4 Å². The number of fused-ring (bicyclic) bond motifs is 2. The molecule has 112 valence electrons. The highest BCUT2D eigenvalue weighted by Crippen LogP contribution is 2.38. The second-order valence-electron chi connectivity index (χ2n) is 4.74. The maximum atomic E-state index is 12.5. The number of aromatic hydroxyl groups is 1. The van der Waals surface area contributed by atoms with Gasteiger partial charge in [-0.3, -0.25) is 14.1 Å². The van der Waals surface area contributed by atoms with Gasteiger partial charge in [-0.1, -0.05) is 12.1 Å². The summed E-state index contributed by atoms with van der Waals surface area (Å²) >= 11 is 0. The second kappa shape index (κ2) is 4.39. The largest absolute Gasteiger partial charge is 0.506 e. The van der Waals surface area contributed by atoms with Gasteiger partial charge in [-0.15, -0.1) is 0 Å². The zero-order valence-electron chi connectivity index (χ0n) is 10.9. The molecule has 4 N–H and O–H groups in total. The summed E-state index contributed by atoms with van der Waals surface area (Å²) in [5, 5.41) is 10.0. The van der Waals surface area contributed by atoms with Crippen LogP contribution in [0.4, 0.5) is 5.69 Å². The number of carbonyl (C=O) groups is 2. The summed E-state index contributed by atoms with van der Waals surface area (Å²) in [6.45, 7) is 0. The molecule has 7 nitrogen and oxygen atoms in total. The highest BCUT2D eigenvalue weighted by molar-refractivity contribution is 7.86. The fourth-order valence-corrected chi connectivity index (χ4v) is 3.07. The number of phenolic OH excluding ortho intramolecular Hbond substituents is 1. The van der Waals surface area contributed by atoms with E-state index in [9.17, 15) is 23.1 Å². The summed E-state index contributed by atoms with van der Waals surface area (Å²) in [6.07, 6.45) is 0. The van der Waals surface area contributed by atoms with Crippen LogP contribution in [0.2, 0.25) is 0 Å². The molecule has 0 aromatic heterocycles. The summed E-state index contributed by atoms with van der Waals surface area (Å²) in [5.74, 6) is -2.29. The number of nitrogens with two attached hydrogens (primary N) is 1. The standard InChI is InChI=1S/C14H9NO6S/c15-8-3-1-2-6-10(8)12(16)7-4-5-9(22(19,20)21)14(18)11(7)13(6)17/h1-5,18H,15H2,(H,19,20,21). The Labute approximate surface area is 124 Å². The van der Waals surface area contributed by atoms with Crippen LogP contribution in [-0.2, 0) is 10.1 Å². The fraction of sp³-hybridized carbons (Fsp3) is 0. The zero-order valence-corrected chi connectivity index (χ0v) is 11.7. The number of phenols is 1. The van der Waals surface area contributed by atoms with Crippen LogP contribution in [0.1, 0.15) is 31.8 Å². The second-order valence-corrected chi connectivity index (χ2v) is 6.13. The molecule has 0 amide bonds. The Hall–Kier alpha value is -2.71. The van der Waals surface area contributed by atoms with Gasteiger partial charge in [0, 0.05) is 16.8 Å². The van der Waals surface area contributed by atoms with Gasteiger partial charge in [0.05, 0.1) is 11.1 Å². The monoisotopic (exact) mass is 319 g/mol. The molecule has 1 aliphatic carbocycles. The molecule has 2 aromatic rings. The number of hydrogen-bond acceptors (Lipinski definition) is 6. The highest BCUT2D eigenvalue weighted by atomic mass is 32.2. The molecule has 0 bridgehead atoms. The van der Waals surface area contributed by atoms with E-state index in [0.717, 1.165) is 12.1 Å². The Morgan fingerprint density at radius 1 is 0.909 bits per heavy atom. The Balaban J connectivity index is 2.38. The first kappa shape index (κ1) is 14.2. The average molecular weight is 319 g/mol. The van der Waals surface area contributed by atoms with Crippen LogP contribution < -0.4 is 5.73 Å². The van der Waals surface area contributed by atoms with E-state index in [2.05, 4.69) is 0 Å². The fourth-order valence-electron chi connectivity index (χ4n) is 2.48. The number of carbonyl (C=O) groups excluding carboxylic acids is 2. The minimum atomic E-state index is -4.73. The third-order valence-corrected chi connectivity index (χ3v) is 4.34. The minimum absolute atomic E-state index is 0.0130. The summed E-state index contributed by atoms with van der Waals surface area (Å²) in [4.78, 5) is 24.1. The quantitative estimate of drug-likeness (QED) is 0.449. The molecular weight excluding hydrogens is 310 g/mol. The first-order valence-corrected chi connectivity index (χ1v) is 7.49. The molecular formula is C14H9NO6S. The summed E-state index contributed by atoms with van der Waals surface area (Å²) in [5.41, 5.74) is 5.19. The van der Waals surface area contributed by atoms with Crippen molar-refractivity contribution in [3.63, 3.8) is 0 Å². The van der Waals surface area contributed by atoms with Gasteiger partial charge in [0.1, 0.15) is 10.6 Å². The van der Waals surface area contributed by atoms with Gasteiger partial charge in [-0.05, 0) is 18.2 Å². The average Bonchev–Trinajstić information content (AvgIpc) is 2.43. The van der Waals surface area contributed by atoms with Crippen molar-refractivity contribution >= 4 is 27.4 Å². The van der Waals surface area contributed by atoms with Crippen molar-refractivity contribution in [3.05, 3.63) is 52.6 Å². The molecule has 1 aliphatic rings. The molecule has 8 heteroatoms. The highest BCUT2D eigenvalue weighted by Gasteiger charge is 2.35. The molecule has 0 fully saturated rings. The maximum absolute atomic E-state index is 12.5. The Bertz CT molecular complexity index is 962. The summed E-state index contributed by atoms with van der Waals surface area (Å²) < 4.78 is 31.5. The number of benzene rings is 2. The number of nitrogen functional groups attached to an aromatic ring is 1. The van der Waals surface area contributed by atoms with E-state index in [4.69, 9.17) is 10.3 Å². The van der Waals surface area contributed by atoms with Gasteiger partial charge in [-0.2, -0.15) is 8.42 Å². The lowest BCUT2D eigenvalue weighted by Crippen LogP contribution is -2.23. The lowest BCUT2D eigenvalue weighted by Gasteiger charge is -2.20. The Kier molecular flexibility index (Phi) is 2.84. The van der Waals surface area contributed by atoms with E-state index in [1.54, 1.807) is 0 Å². The molecule has 0 unspecified atom stereocenters. The number of hydrogen-bond donors (Lipinski definition) is 3. The zero-order chi connectivity index (χ0) is 16.2. The number of ketones is 2. The minimum Gasteiger partial charge on any atom is -0.506 e. The Morgan fingerprint density at radius 3 is 2.14 bits per heavy atom. The van der Waals surface area contributed by atoms with Crippen LogP contribution in [0.25, 0.3) is 0 Å². The lowest BCUT2D eigenvalue weighted by atomic mass is 9.83. The van der Waals surface area contributed by atoms with Crippen LogP contribution in [-0.4, -0.2) is 29.6 Å². The van der Waals surface area contributed by atoms with Crippen molar-refractivity contribution in [3.8, 4) is 5.75 Å². The van der Waals surface area contributed by atoms with Crippen LogP contribution in [0.5, 0.6) is 5.75 Å². The van der Waals surface area contributed by atoms with Gasteiger partial charge in [-0.25, -0.2) is 0 Å². The molecule has 22 heavy (non-hydrogen) atoms. The molecule has 0 saturated heterocycles. The van der Waals surface area contributed by atoms with E-state index < -0.39 is 37.9 Å². The number of anilines is 1. The maximum Gasteiger partial charge on any atom is 0.298 e. The summed E-state index contributed by atoms with van der Waals surface area (Å²) in [7, 11) is -4.73. The van der Waals surface area contributed by atoms with E-state index in [0.29, 0.717) is 0 Å². The number of rotatable bonds is 1. The first-order chi connectivity index (χ1) is 10.2. The van der Waals surface area contributed by atoms with Gasteiger partial charge in [0.15, 0.2) is 11.6 Å². The molecule has 2 aromatic carbocycles. The molecule has 3 rings (SSSR count). The van der Waals surface area contributed by atoms with Crippen molar-refractivity contribution in [1.29, 1.82) is 0 Å². The third-order valence-electron chi connectivity index (χ3n) is 3.46. The molecule has 0 aliphatic heterocycles. The molecule has 0 saturated carbocycles. The van der Waals surface area contributed by atoms with Crippen LogP contribution in [0.15, 0.2) is 35.2 Å². The summed E-state index contributed by atoms with van der Waals surface area (Å²) in [6, 6.07) is 6.20. The van der Waals surface area contributed by atoms with E-state index in [1.165, 1.54) is 18.2 Å². The molecule has 0 heterocycles.